The highest BCUT2D eigenvalue weighted by molar-refractivity contribution is 6.45. The van der Waals surface area contributed by atoms with Gasteiger partial charge in [-0.2, -0.15) is 4.99 Å². The molecule has 13 heavy (non-hydrogen) atoms. The van der Waals surface area contributed by atoms with Gasteiger partial charge in [0.05, 0.1) is 7.11 Å². The van der Waals surface area contributed by atoms with Gasteiger partial charge in [0.1, 0.15) is 5.84 Å². The van der Waals surface area contributed by atoms with Crippen LogP contribution in [0, 0.1) is 0 Å². The van der Waals surface area contributed by atoms with Gasteiger partial charge < -0.3 is 4.74 Å². The summed E-state index contributed by atoms with van der Waals surface area (Å²) >= 11 is 0. The van der Waals surface area contributed by atoms with Gasteiger partial charge in [-0.25, -0.2) is 14.2 Å². The van der Waals surface area contributed by atoms with E-state index in [0.29, 0.717) is 0 Å². The second kappa shape index (κ2) is 3.42. The molecular formula is C7H7FN2O3. The van der Waals surface area contributed by atoms with Gasteiger partial charge in [0.15, 0.2) is 5.71 Å². The van der Waals surface area contributed by atoms with Crippen LogP contribution >= 0.6 is 0 Å². The molecule has 0 fully saturated rings. The van der Waals surface area contributed by atoms with E-state index in [4.69, 9.17) is 0 Å². The third-order valence-corrected chi connectivity index (χ3v) is 1.41. The normalized spacial score (nSPS) is 22.1. The van der Waals surface area contributed by atoms with Crippen LogP contribution in [0.25, 0.3) is 0 Å². The number of halogens is 1. The highest BCUT2D eigenvalue weighted by Crippen LogP contribution is 2.07. The first-order chi connectivity index (χ1) is 6.06. The Bertz CT molecular complexity index is 322. The number of ether oxygens (including phenoxy) is 1. The van der Waals surface area contributed by atoms with Gasteiger partial charge in [0.25, 0.3) is 5.91 Å². The number of carbonyl (C=O) groups excluding carboxylic acids is 2. The predicted molar refractivity (Wildman–Crippen MR) is 42.5 cm³/mol. The standard InChI is InChI=1S/C7H7FN2O3/c1-3-9-5(7(12)13-2)4(8)6(11)10-3/h4H,1-2H3. The molecule has 1 aliphatic rings. The summed E-state index contributed by atoms with van der Waals surface area (Å²) < 4.78 is 17.2. The molecule has 0 aliphatic carbocycles. The second-order valence-electron chi connectivity index (χ2n) is 2.35. The fraction of sp³-hybridized carbons (Fsp3) is 0.429. The first-order valence-corrected chi connectivity index (χ1v) is 3.46. The maximum absolute atomic E-state index is 13.0. The first-order valence-electron chi connectivity index (χ1n) is 3.46. The van der Waals surface area contributed by atoms with E-state index in [9.17, 15) is 14.0 Å². The van der Waals surface area contributed by atoms with Gasteiger partial charge in [0, 0.05) is 0 Å². The van der Waals surface area contributed by atoms with Crippen molar-refractivity contribution in [1.29, 1.82) is 0 Å². The van der Waals surface area contributed by atoms with Gasteiger partial charge in [-0.15, -0.1) is 0 Å². The zero-order valence-electron chi connectivity index (χ0n) is 7.07. The molecule has 0 aromatic carbocycles. The van der Waals surface area contributed by atoms with Gasteiger partial charge in [-0.1, -0.05) is 0 Å². The lowest BCUT2D eigenvalue weighted by Crippen LogP contribution is -2.35. The average Bonchev–Trinajstić information content (AvgIpc) is 2.10. The smallest absolute Gasteiger partial charge is 0.356 e. The largest absolute Gasteiger partial charge is 0.464 e. The lowest BCUT2D eigenvalue weighted by molar-refractivity contribution is -0.134. The molecule has 1 heterocycles. The molecule has 0 N–H and O–H groups in total. The highest BCUT2D eigenvalue weighted by atomic mass is 19.1. The molecular weight excluding hydrogens is 179 g/mol. The monoisotopic (exact) mass is 186 g/mol. The number of carbonyl (C=O) groups is 2. The Balaban J connectivity index is 3.01. The Kier molecular flexibility index (Phi) is 2.50. The third-order valence-electron chi connectivity index (χ3n) is 1.41. The summed E-state index contributed by atoms with van der Waals surface area (Å²) in [6, 6.07) is 0. The Morgan fingerprint density at radius 3 is 2.69 bits per heavy atom. The molecule has 0 radical (unpaired) electrons. The number of amides is 1. The quantitative estimate of drug-likeness (QED) is 0.537. The third kappa shape index (κ3) is 1.77. The van der Waals surface area contributed by atoms with E-state index in [0.717, 1.165) is 7.11 Å². The number of methoxy groups -OCH3 is 1. The molecule has 0 spiro atoms. The number of hydrogen-bond donors (Lipinski definition) is 0. The lowest BCUT2D eigenvalue weighted by atomic mass is 10.2. The Morgan fingerprint density at radius 2 is 2.15 bits per heavy atom. The maximum atomic E-state index is 13.0. The molecule has 0 saturated carbocycles. The van der Waals surface area contributed by atoms with Gasteiger partial charge in [-0.3, -0.25) is 4.79 Å². The Labute approximate surface area is 73.3 Å². The summed E-state index contributed by atoms with van der Waals surface area (Å²) in [6.45, 7) is 1.40. The van der Waals surface area contributed by atoms with E-state index < -0.39 is 23.8 Å². The van der Waals surface area contributed by atoms with Crippen LogP contribution in [0.2, 0.25) is 0 Å². The molecule has 0 aromatic rings. The second-order valence-corrected chi connectivity index (χ2v) is 2.35. The minimum absolute atomic E-state index is 0.0549. The summed E-state index contributed by atoms with van der Waals surface area (Å²) in [6.07, 6.45) is -2.10. The van der Waals surface area contributed by atoms with Crippen LogP contribution in [0.5, 0.6) is 0 Å². The van der Waals surface area contributed by atoms with Crippen LogP contribution in [-0.2, 0) is 14.3 Å². The fourth-order valence-corrected chi connectivity index (χ4v) is 0.843. The number of aliphatic imine (C=N–C) groups is 2. The summed E-state index contributed by atoms with van der Waals surface area (Å²) in [7, 11) is 1.09. The summed E-state index contributed by atoms with van der Waals surface area (Å²) in [4.78, 5) is 28.4. The van der Waals surface area contributed by atoms with Crippen LogP contribution in [0.1, 0.15) is 6.92 Å². The zero-order valence-corrected chi connectivity index (χ0v) is 7.07. The Morgan fingerprint density at radius 1 is 1.54 bits per heavy atom. The van der Waals surface area contributed by atoms with Crippen LogP contribution in [0.3, 0.4) is 0 Å². The van der Waals surface area contributed by atoms with E-state index in [2.05, 4.69) is 14.7 Å². The Hall–Kier alpha value is -1.59. The molecule has 6 heteroatoms. The van der Waals surface area contributed by atoms with Crippen LogP contribution in [0.15, 0.2) is 9.98 Å². The first kappa shape index (κ1) is 9.50. The molecule has 1 atom stereocenters. The predicted octanol–water partition coefficient (Wildman–Crippen LogP) is -0.103. The van der Waals surface area contributed by atoms with E-state index in [1.54, 1.807) is 0 Å². The van der Waals surface area contributed by atoms with Crippen LogP contribution < -0.4 is 0 Å². The molecule has 1 aliphatic heterocycles. The van der Waals surface area contributed by atoms with Crippen molar-refractivity contribution in [2.24, 2.45) is 9.98 Å². The average molecular weight is 186 g/mol. The van der Waals surface area contributed by atoms with Crippen LogP contribution in [0.4, 0.5) is 4.39 Å². The maximum Gasteiger partial charge on any atom is 0.356 e. The molecule has 5 nitrogen and oxygen atoms in total. The van der Waals surface area contributed by atoms with Crippen LogP contribution in [-0.4, -0.2) is 36.7 Å². The molecule has 0 saturated heterocycles. The summed E-state index contributed by atoms with van der Waals surface area (Å²) in [5.74, 6) is -1.91. The topological polar surface area (TPSA) is 68.1 Å². The zero-order chi connectivity index (χ0) is 10.0. The molecule has 1 amide bonds. The molecule has 1 unspecified atom stereocenters. The van der Waals surface area contributed by atoms with Crippen molar-refractivity contribution in [2.45, 2.75) is 13.1 Å². The number of rotatable bonds is 1. The van der Waals surface area contributed by atoms with E-state index in [1.807, 2.05) is 0 Å². The van der Waals surface area contributed by atoms with Crippen molar-refractivity contribution < 1.29 is 18.7 Å². The fourth-order valence-electron chi connectivity index (χ4n) is 0.843. The van der Waals surface area contributed by atoms with Gasteiger partial charge in [0.2, 0.25) is 6.17 Å². The molecule has 0 bridgehead atoms. The van der Waals surface area contributed by atoms with Gasteiger partial charge in [-0.05, 0) is 6.92 Å². The van der Waals surface area contributed by atoms with E-state index in [1.165, 1.54) is 6.92 Å². The van der Waals surface area contributed by atoms with E-state index in [-0.39, 0.29) is 5.84 Å². The SMILES string of the molecule is COC(=O)C1=NC(C)=NC(=O)C1F. The number of amidine groups is 1. The summed E-state index contributed by atoms with van der Waals surface area (Å²) in [5, 5.41) is 0. The van der Waals surface area contributed by atoms with Crippen molar-refractivity contribution >= 4 is 23.4 Å². The molecule has 0 aromatic heterocycles. The number of esters is 1. The summed E-state index contributed by atoms with van der Waals surface area (Å²) in [5.41, 5.74) is -0.542. The molecule has 1 rings (SSSR count). The minimum Gasteiger partial charge on any atom is -0.464 e. The van der Waals surface area contributed by atoms with Crippen molar-refractivity contribution in [3.63, 3.8) is 0 Å². The van der Waals surface area contributed by atoms with Gasteiger partial charge >= 0.3 is 5.97 Å². The van der Waals surface area contributed by atoms with Crippen molar-refractivity contribution in [2.75, 3.05) is 7.11 Å². The van der Waals surface area contributed by atoms with Crippen molar-refractivity contribution in [3.05, 3.63) is 0 Å². The highest BCUT2D eigenvalue weighted by Gasteiger charge is 2.33. The number of alkyl halides is 1. The van der Waals surface area contributed by atoms with Crippen molar-refractivity contribution in [3.8, 4) is 0 Å². The lowest BCUT2D eigenvalue weighted by Gasteiger charge is -2.10. The minimum atomic E-state index is -2.10. The van der Waals surface area contributed by atoms with Crippen molar-refractivity contribution in [1.82, 2.24) is 0 Å². The number of nitrogens with zero attached hydrogens (tertiary/aromatic N) is 2. The molecule has 70 valence electrons. The number of hydrogen-bond acceptors (Lipinski definition) is 4. The van der Waals surface area contributed by atoms with E-state index >= 15 is 0 Å².